The van der Waals surface area contributed by atoms with Gasteiger partial charge in [0.1, 0.15) is 0 Å². The van der Waals surface area contributed by atoms with Crippen LogP contribution in [-0.4, -0.2) is 39.4 Å². The molecule has 1 saturated heterocycles. The zero-order chi connectivity index (χ0) is 19.3. The Kier molecular flexibility index (Phi) is 3.97. The summed E-state index contributed by atoms with van der Waals surface area (Å²) in [7, 11) is 0. The average molecular weight is 387 g/mol. The van der Waals surface area contributed by atoms with Gasteiger partial charge in [-0.05, 0) is 31.5 Å². The Bertz CT molecular complexity index is 956. The van der Waals surface area contributed by atoms with Crippen LogP contribution in [0, 0.1) is 5.41 Å². The molecule has 1 aromatic heterocycles. The van der Waals surface area contributed by atoms with Crippen LogP contribution < -0.4 is 4.90 Å². The van der Waals surface area contributed by atoms with Gasteiger partial charge in [-0.15, -0.1) is 0 Å². The average Bonchev–Trinajstić information content (AvgIpc) is 3.05. The first-order valence-corrected chi connectivity index (χ1v) is 8.60. The number of anilines is 1. The number of carbonyl (C=O) groups excluding carboxylic acids is 3. The van der Waals surface area contributed by atoms with Crippen molar-refractivity contribution < 1.29 is 19.2 Å². The van der Waals surface area contributed by atoms with Crippen LogP contribution in [0.25, 0.3) is 0 Å². The summed E-state index contributed by atoms with van der Waals surface area (Å²) in [4.78, 5) is 51.5. The monoisotopic (exact) mass is 386 g/mol. The highest BCUT2D eigenvalue weighted by Gasteiger charge is 2.41. The zero-order valence-electron chi connectivity index (χ0n) is 14.6. The van der Waals surface area contributed by atoms with Crippen LogP contribution in [0.15, 0.2) is 30.6 Å². The highest BCUT2D eigenvalue weighted by Crippen LogP contribution is 2.32. The second-order valence-corrected chi connectivity index (χ2v) is 7.38. The fourth-order valence-corrected chi connectivity index (χ4v) is 3.20. The second-order valence-electron chi connectivity index (χ2n) is 6.97. The van der Waals surface area contributed by atoms with Crippen molar-refractivity contribution in [3.05, 3.63) is 52.6 Å². The number of hydrogen-bond donors (Lipinski definition) is 0. The fourth-order valence-electron chi connectivity index (χ4n) is 2.96. The molecule has 4 rings (SSSR count). The van der Waals surface area contributed by atoms with E-state index in [-0.39, 0.29) is 23.8 Å². The number of fused-ring (bicyclic) bond motifs is 1. The maximum atomic E-state index is 12.5. The van der Waals surface area contributed by atoms with Gasteiger partial charge < -0.3 is 0 Å². The molecular weight excluding hydrogens is 372 g/mol. The van der Waals surface area contributed by atoms with Gasteiger partial charge in [0.05, 0.1) is 24.3 Å². The molecule has 0 atom stereocenters. The standard InChI is InChI=1S/C18H15ClN4O4/c1-18(2)9-27-22(17(18)26)8-10-3-4-11(7-12(10)19)23-15(24)13-14(16(23)25)21-6-5-20-13/h3-7H,8-9H2,1-2H3. The third-order valence-electron chi connectivity index (χ3n) is 4.51. The van der Waals surface area contributed by atoms with E-state index < -0.39 is 17.2 Å². The van der Waals surface area contributed by atoms with Gasteiger partial charge >= 0.3 is 0 Å². The third-order valence-corrected chi connectivity index (χ3v) is 4.86. The summed E-state index contributed by atoms with van der Waals surface area (Å²) in [6.07, 6.45) is 2.72. The van der Waals surface area contributed by atoms with Crippen LogP contribution >= 0.6 is 11.6 Å². The third kappa shape index (κ3) is 2.77. The molecule has 3 amide bonds. The summed E-state index contributed by atoms with van der Waals surface area (Å²) >= 11 is 6.34. The second kappa shape index (κ2) is 6.11. The predicted octanol–water partition coefficient (Wildman–Crippen LogP) is 2.23. The van der Waals surface area contributed by atoms with Crippen LogP contribution in [-0.2, 0) is 16.2 Å². The molecule has 0 N–H and O–H groups in total. The summed E-state index contributed by atoms with van der Waals surface area (Å²) in [5.74, 6) is -1.22. The van der Waals surface area contributed by atoms with E-state index in [1.807, 2.05) is 13.8 Å². The normalized spacial score (nSPS) is 18.4. The molecule has 0 bridgehead atoms. The van der Waals surface area contributed by atoms with Gasteiger partial charge in [0.25, 0.3) is 17.7 Å². The number of carbonyl (C=O) groups is 3. The molecule has 2 aliphatic rings. The van der Waals surface area contributed by atoms with Crippen molar-refractivity contribution in [2.75, 3.05) is 11.5 Å². The lowest BCUT2D eigenvalue weighted by Crippen LogP contribution is -2.31. The topological polar surface area (TPSA) is 92.7 Å². The summed E-state index contributed by atoms with van der Waals surface area (Å²) in [5.41, 5.74) is 0.404. The molecular formula is C18H15ClN4O4. The van der Waals surface area contributed by atoms with Crippen molar-refractivity contribution in [2.24, 2.45) is 5.41 Å². The number of benzene rings is 1. The van der Waals surface area contributed by atoms with Gasteiger partial charge in [-0.25, -0.2) is 19.9 Å². The Hall–Kier alpha value is -2.84. The minimum atomic E-state index is -0.577. The molecule has 1 aromatic carbocycles. The molecule has 27 heavy (non-hydrogen) atoms. The molecule has 9 heteroatoms. The molecule has 0 spiro atoms. The lowest BCUT2D eigenvalue weighted by Gasteiger charge is -2.19. The van der Waals surface area contributed by atoms with E-state index in [9.17, 15) is 14.4 Å². The van der Waals surface area contributed by atoms with E-state index in [1.165, 1.54) is 23.5 Å². The largest absolute Gasteiger partial charge is 0.286 e. The van der Waals surface area contributed by atoms with Gasteiger partial charge in [0.15, 0.2) is 11.4 Å². The van der Waals surface area contributed by atoms with Crippen molar-refractivity contribution in [1.29, 1.82) is 0 Å². The first-order chi connectivity index (χ1) is 12.8. The number of amides is 3. The number of imide groups is 1. The Balaban J connectivity index is 1.59. The summed E-state index contributed by atoms with van der Waals surface area (Å²) in [6, 6.07) is 4.75. The van der Waals surface area contributed by atoms with E-state index in [1.54, 1.807) is 12.1 Å². The highest BCUT2D eigenvalue weighted by atomic mass is 35.5. The summed E-state index contributed by atoms with van der Waals surface area (Å²) in [6.45, 7) is 4.10. The SMILES string of the molecule is CC1(C)CON(Cc2ccc(N3C(=O)c4nccnc4C3=O)cc2Cl)C1=O. The van der Waals surface area contributed by atoms with Crippen molar-refractivity contribution in [1.82, 2.24) is 15.0 Å². The van der Waals surface area contributed by atoms with Gasteiger partial charge in [-0.3, -0.25) is 19.2 Å². The molecule has 2 aromatic rings. The molecule has 0 unspecified atom stereocenters. The highest BCUT2D eigenvalue weighted by molar-refractivity contribution is 6.34. The quantitative estimate of drug-likeness (QED) is 0.751. The molecule has 3 heterocycles. The maximum absolute atomic E-state index is 12.5. The molecule has 138 valence electrons. The molecule has 0 radical (unpaired) electrons. The van der Waals surface area contributed by atoms with E-state index in [0.29, 0.717) is 22.9 Å². The molecule has 0 saturated carbocycles. The van der Waals surface area contributed by atoms with Crippen LogP contribution in [0.4, 0.5) is 5.69 Å². The number of halogens is 1. The van der Waals surface area contributed by atoms with E-state index in [0.717, 1.165) is 4.90 Å². The van der Waals surface area contributed by atoms with Crippen molar-refractivity contribution in [3.8, 4) is 0 Å². The lowest BCUT2D eigenvalue weighted by molar-refractivity contribution is -0.165. The zero-order valence-corrected chi connectivity index (χ0v) is 15.4. The summed E-state index contributed by atoms with van der Waals surface area (Å²) < 4.78 is 0. The van der Waals surface area contributed by atoms with E-state index in [2.05, 4.69) is 9.97 Å². The fraction of sp³-hybridized carbons (Fsp3) is 0.278. The number of rotatable bonds is 3. The minimum Gasteiger partial charge on any atom is -0.272 e. The van der Waals surface area contributed by atoms with Gasteiger partial charge in [-0.1, -0.05) is 17.7 Å². The Morgan fingerprint density at radius 2 is 1.74 bits per heavy atom. The van der Waals surface area contributed by atoms with Crippen LogP contribution in [0.3, 0.4) is 0 Å². The van der Waals surface area contributed by atoms with Gasteiger partial charge in [0.2, 0.25) is 0 Å². The Labute approximate surface area is 159 Å². The van der Waals surface area contributed by atoms with Crippen molar-refractivity contribution in [3.63, 3.8) is 0 Å². The summed E-state index contributed by atoms with van der Waals surface area (Å²) in [5, 5.41) is 1.59. The molecule has 1 fully saturated rings. The number of aromatic nitrogens is 2. The first kappa shape index (κ1) is 17.6. The molecule has 8 nitrogen and oxygen atoms in total. The van der Waals surface area contributed by atoms with Gasteiger partial charge in [-0.2, -0.15) is 0 Å². The maximum Gasteiger partial charge on any atom is 0.286 e. The van der Waals surface area contributed by atoms with E-state index >= 15 is 0 Å². The van der Waals surface area contributed by atoms with Crippen molar-refractivity contribution in [2.45, 2.75) is 20.4 Å². The van der Waals surface area contributed by atoms with Gasteiger partial charge in [0, 0.05) is 17.4 Å². The Morgan fingerprint density at radius 3 is 2.26 bits per heavy atom. The van der Waals surface area contributed by atoms with Crippen molar-refractivity contribution >= 4 is 35.0 Å². The first-order valence-electron chi connectivity index (χ1n) is 8.23. The molecule has 0 aliphatic carbocycles. The number of hydrogen-bond acceptors (Lipinski definition) is 6. The lowest BCUT2D eigenvalue weighted by atomic mass is 9.95. The van der Waals surface area contributed by atoms with Crippen LogP contribution in [0.2, 0.25) is 5.02 Å². The van der Waals surface area contributed by atoms with Crippen LogP contribution in [0.5, 0.6) is 0 Å². The number of nitrogens with zero attached hydrogens (tertiary/aromatic N) is 4. The number of hydroxylamine groups is 2. The minimum absolute atomic E-state index is 0.0148. The van der Waals surface area contributed by atoms with E-state index in [4.69, 9.17) is 16.4 Å². The smallest absolute Gasteiger partial charge is 0.272 e. The predicted molar refractivity (Wildman–Crippen MR) is 94.9 cm³/mol. The Morgan fingerprint density at radius 1 is 1.11 bits per heavy atom. The molecule has 2 aliphatic heterocycles. The van der Waals surface area contributed by atoms with Crippen LogP contribution in [0.1, 0.15) is 40.4 Å².